The van der Waals surface area contributed by atoms with Gasteiger partial charge in [0.15, 0.2) is 0 Å². The van der Waals surface area contributed by atoms with Crippen LogP contribution in [-0.2, 0) is 6.54 Å². The Labute approximate surface area is 110 Å². The van der Waals surface area contributed by atoms with Crippen molar-refractivity contribution in [3.8, 4) is 0 Å². The van der Waals surface area contributed by atoms with Crippen LogP contribution < -0.4 is 5.32 Å². The number of nitrogens with zero attached hydrogens (tertiary/aromatic N) is 1. The lowest BCUT2D eigenvalue weighted by Crippen LogP contribution is -2.41. The molecule has 1 atom stereocenters. The molecule has 1 rings (SSSR count). The van der Waals surface area contributed by atoms with Crippen LogP contribution in [0.5, 0.6) is 0 Å². The van der Waals surface area contributed by atoms with Crippen molar-refractivity contribution in [2.45, 2.75) is 46.2 Å². The lowest BCUT2D eigenvalue weighted by atomic mass is 10.2. The molecule has 1 N–H and O–H groups in total. The fourth-order valence-corrected chi connectivity index (χ4v) is 2.81. The van der Waals surface area contributed by atoms with E-state index in [0.717, 1.165) is 26.2 Å². The molecule has 1 aromatic rings. The molecule has 0 bridgehead atoms. The van der Waals surface area contributed by atoms with E-state index in [9.17, 15) is 0 Å². The predicted molar refractivity (Wildman–Crippen MR) is 77.6 cm³/mol. The van der Waals surface area contributed by atoms with E-state index in [2.05, 4.69) is 48.5 Å². The van der Waals surface area contributed by atoms with Gasteiger partial charge in [-0.15, -0.1) is 11.3 Å². The van der Waals surface area contributed by atoms with Crippen molar-refractivity contribution in [1.29, 1.82) is 0 Å². The summed E-state index contributed by atoms with van der Waals surface area (Å²) in [4.78, 5) is 4.05. The van der Waals surface area contributed by atoms with Crippen molar-refractivity contribution >= 4 is 11.3 Å². The normalized spacial score (nSPS) is 13.2. The Bertz CT molecular complexity index is 272. The van der Waals surface area contributed by atoms with Gasteiger partial charge in [0, 0.05) is 24.0 Å². The Morgan fingerprint density at radius 1 is 1.35 bits per heavy atom. The summed E-state index contributed by atoms with van der Waals surface area (Å²) in [6, 6.07) is 5.04. The molecular formula is C14H26N2S. The van der Waals surface area contributed by atoms with Gasteiger partial charge >= 0.3 is 0 Å². The van der Waals surface area contributed by atoms with E-state index in [-0.39, 0.29) is 0 Å². The van der Waals surface area contributed by atoms with Gasteiger partial charge in [-0.1, -0.05) is 26.8 Å². The van der Waals surface area contributed by atoms with Gasteiger partial charge in [0.2, 0.25) is 0 Å². The number of likely N-dealkylation sites (N-methyl/N-ethyl adjacent to an activating group) is 1. The molecule has 0 aliphatic heterocycles. The minimum Gasteiger partial charge on any atom is -0.315 e. The second-order valence-corrected chi connectivity index (χ2v) is 5.44. The first-order valence-electron chi connectivity index (χ1n) is 6.78. The third-order valence-electron chi connectivity index (χ3n) is 3.14. The second-order valence-electron chi connectivity index (χ2n) is 4.41. The molecule has 1 unspecified atom stereocenters. The number of hydrogen-bond acceptors (Lipinski definition) is 3. The largest absolute Gasteiger partial charge is 0.315 e. The quantitative estimate of drug-likeness (QED) is 0.680. The summed E-state index contributed by atoms with van der Waals surface area (Å²) < 4.78 is 0. The first-order valence-corrected chi connectivity index (χ1v) is 7.66. The second kappa shape index (κ2) is 8.67. The minimum absolute atomic E-state index is 0.661. The maximum Gasteiger partial charge on any atom is 0.0331 e. The SMILES string of the molecule is CCCNCC(CC)N(CC)Cc1cccs1. The first-order chi connectivity index (χ1) is 8.31. The van der Waals surface area contributed by atoms with Crippen LogP contribution in [0.25, 0.3) is 0 Å². The lowest BCUT2D eigenvalue weighted by molar-refractivity contribution is 0.189. The summed E-state index contributed by atoms with van der Waals surface area (Å²) >= 11 is 1.86. The fraction of sp³-hybridized carbons (Fsp3) is 0.714. The monoisotopic (exact) mass is 254 g/mol. The first kappa shape index (κ1) is 14.7. The van der Waals surface area contributed by atoms with Crippen molar-refractivity contribution < 1.29 is 0 Å². The highest BCUT2D eigenvalue weighted by Crippen LogP contribution is 2.14. The molecule has 0 aliphatic rings. The molecular weight excluding hydrogens is 228 g/mol. The van der Waals surface area contributed by atoms with Crippen LogP contribution in [-0.4, -0.2) is 30.6 Å². The summed E-state index contributed by atoms with van der Waals surface area (Å²) in [5.41, 5.74) is 0. The molecule has 3 heteroatoms. The zero-order valence-electron chi connectivity index (χ0n) is 11.4. The molecule has 0 spiro atoms. The number of nitrogens with one attached hydrogen (secondary N) is 1. The van der Waals surface area contributed by atoms with Crippen molar-refractivity contribution in [1.82, 2.24) is 10.2 Å². The van der Waals surface area contributed by atoms with Gasteiger partial charge in [0.25, 0.3) is 0 Å². The Kier molecular flexibility index (Phi) is 7.49. The van der Waals surface area contributed by atoms with Crippen LogP contribution in [0.1, 0.15) is 38.5 Å². The van der Waals surface area contributed by atoms with Crippen molar-refractivity contribution in [2.24, 2.45) is 0 Å². The maximum absolute atomic E-state index is 3.54. The van der Waals surface area contributed by atoms with E-state index < -0.39 is 0 Å². The summed E-state index contributed by atoms with van der Waals surface area (Å²) in [6.45, 7) is 11.2. The molecule has 0 fully saturated rings. The van der Waals surface area contributed by atoms with Crippen molar-refractivity contribution in [3.05, 3.63) is 22.4 Å². The maximum atomic E-state index is 3.54. The van der Waals surface area contributed by atoms with E-state index in [0.29, 0.717) is 6.04 Å². The summed E-state index contributed by atoms with van der Waals surface area (Å²) in [6.07, 6.45) is 2.43. The molecule has 0 aliphatic carbocycles. The van der Waals surface area contributed by atoms with Gasteiger partial charge in [0.05, 0.1) is 0 Å². The van der Waals surface area contributed by atoms with Crippen molar-refractivity contribution in [2.75, 3.05) is 19.6 Å². The molecule has 0 amide bonds. The van der Waals surface area contributed by atoms with E-state index in [4.69, 9.17) is 0 Å². The highest BCUT2D eigenvalue weighted by molar-refractivity contribution is 7.09. The van der Waals surface area contributed by atoms with Crippen LogP contribution in [0.2, 0.25) is 0 Å². The molecule has 0 saturated heterocycles. The molecule has 1 heterocycles. The Morgan fingerprint density at radius 2 is 2.18 bits per heavy atom. The van der Waals surface area contributed by atoms with E-state index in [1.807, 2.05) is 11.3 Å². The topological polar surface area (TPSA) is 15.3 Å². The Balaban J connectivity index is 2.44. The zero-order chi connectivity index (χ0) is 12.5. The highest BCUT2D eigenvalue weighted by Gasteiger charge is 2.15. The number of rotatable bonds is 9. The minimum atomic E-state index is 0.661. The van der Waals surface area contributed by atoms with E-state index >= 15 is 0 Å². The number of thiophene rings is 1. The van der Waals surface area contributed by atoms with Gasteiger partial charge in [0.1, 0.15) is 0 Å². The Morgan fingerprint density at radius 3 is 2.71 bits per heavy atom. The van der Waals surface area contributed by atoms with Crippen LogP contribution >= 0.6 is 11.3 Å². The molecule has 98 valence electrons. The lowest BCUT2D eigenvalue weighted by Gasteiger charge is -2.29. The Hall–Kier alpha value is -0.380. The molecule has 17 heavy (non-hydrogen) atoms. The van der Waals surface area contributed by atoms with Crippen LogP contribution in [0.3, 0.4) is 0 Å². The average molecular weight is 254 g/mol. The molecule has 1 aromatic heterocycles. The molecule has 0 aromatic carbocycles. The van der Waals surface area contributed by atoms with Gasteiger partial charge < -0.3 is 5.32 Å². The third kappa shape index (κ3) is 5.19. The van der Waals surface area contributed by atoms with Crippen LogP contribution in [0.15, 0.2) is 17.5 Å². The van der Waals surface area contributed by atoms with E-state index in [1.165, 1.54) is 17.7 Å². The average Bonchev–Trinajstić information content (AvgIpc) is 2.85. The molecule has 0 radical (unpaired) electrons. The molecule has 0 saturated carbocycles. The van der Waals surface area contributed by atoms with Gasteiger partial charge in [-0.2, -0.15) is 0 Å². The summed E-state index contributed by atoms with van der Waals surface area (Å²) in [5, 5.41) is 5.71. The van der Waals surface area contributed by atoms with Crippen LogP contribution in [0, 0.1) is 0 Å². The predicted octanol–water partition coefficient (Wildman–Crippen LogP) is 3.35. The summed E-state index contributed by atoms with van der Waals surface area (Å²) in [7, 11) is 0. The fourth-order valence-electron chi connectivity index (χ4n) is 2.08. The van der Waals surface area contributed by atoms with E-state index in [1.54, 1.807) is 0 Å². The third-order valence-corrected chi connectivity index (χ3v) is 4.00. The highest BCUT2D eigenvalue weighted by atomic mass is 32.1. The van der Waals surface area contributed by atoms with Gasteiger partial charge in [-0.3, -0.25) is 4.90 Å². The standard InChI is InChI=1S/C14H26N2S/c1-4-9-15-11-13(5-2)16(6-3)12-14-8-7-10-17-14/h7-8,10,13,15H,4-6,9,11-12H2,1-3H3. The van der Waals surface area contributed by atoms with Gasteiger partial charge in [-0.05, 0) is 37.4 Å². The summed E-state index contributed by atoms with van der Waals surface area (Å²) in [5.74, 6) is 0. The van der Waals surface area contributed by atoms with Crippen LogP contribution in [0.4, 0.5) is 0 Å². The molecule has 2 nitrogen and oxygen atoms in total. The number of hydrogen-bond donors (Lipinski definition) is 1. The van der Waals surface area contributed by atoms with Gasteiger partial charge in [-0.25, -0.2) is 0 Å². The zero-order valence-corrected chi connectivity index (χ0v) is 12.2. The smallest absolute Gasteiger partial charge is 0.0331 e. The van der Waals surface area contributed by atoms with Crippen molar-refractivity contribution in [3.63, 3.8) is 0 Å².